The summed E-state index contributed by atoms with van der Waals surface area (Å²) in [5, 5.41) is 3.08. The molecule has 0 aliphatic heterocycles. The van der Waals surface area contributed by atoms with Gasteiger partial charge >= 0.3 is 0 Å². The summed E-state index contributed by atoms with van der Waals surface area (Å²) in [4.78, 5) is 28.0. The topological polar surface area (TPSA) is 92.8 Å². The number of aromatic nitrogens is 4. The van der Waals surface area contributed by atoms with Gasteiger partial charge in [-0.1, -0.05) is 17.7 Å². The smallest absolute Gasteiger partial charge is 0.222 e. The molecule has 0 unspecified atom stereocenters. The molecule has 7 nitrogen and oxygen atoms in total. The molecule has 0 saturated heterocycles. The lowest BCUT2D eigenvalue weighted by Gasteiger charge is -2.07. The van der Waals surface area contributed by atoms with Crippen LogP contribution in [-0.2, 0) is 4.79 Å². The van der Waals surface area contributed by atoms with E-state index >= 15 is 0 Å². The maximum Gasteiger partial charge on any atom is 0.222 e. The highest BCUT2D eigenvalue weighted by atomic mass is 35.5. The quantitative estimate of drug-likeness (QED) is 0.504. The van der Waals surface area contributed by atoms with Crippen LogP contribution in [0.2, 0.25) is 5.15 Å². The molecule has 0 atom stereocenters. The van der Waals surface area contributed by atoms with Gasteiger partial charge in [0.05, 0.1) is 29.6 Å². The molecule has 8 heteroatoms. The highest BCUT2D eigenvalue weighted by molar-refractivity contribution is 6.29. The van der Waals surface area contributed by atoms with Gasteiger partial charge in [-0.2, -0.15) is 0 Å². The van der Waals surface area contributed by atoms with Crippen molar-refractivity contribution in [3.05, 3.63) is 53.8 Å². The number of hydrogen-bond donors (Lipinski definition) is 2. The number of aromatic amines is 1. The molecule has 1 amide bonds. The first-order valence-electron chi connectivity index (χ1n) is 8.49. The third-order valence-corrected chi connectivity index (χ3v) is 4.36. The first-order valence-corrected chi connectivity index (χ1v) is 8.86. The maximum atomic E-state index is 11.4. The van der Waals surface area contributed by atoms with Crippen LogP contribution in [0.15, 0.2) is 48.7 Å². The van der Waals surface area contributed by atoms with Crippen molar-refractivity contribution in [1.29, 1.82) is 0 Å². The molecule has 28 heavy (non-hydrogen) atoms. The van der Waals surface area contributed by atoms with E-state index in [1.165, 1.54) is 6.92 Å². The number of nitrogens with one attached hydrogen (secondary N) is 2. The summed E-state index contributed by atoms with van der Waals surface area (Å²) in [6, 6.07) is 12.7. The predicted molar refractivity (Wildman–Crippen MR) is 108 cm³/mol. The van der Waals surface area contributed by atoms with Crippen LogP contribution in [0.1, 0.15) is 6.92 Å². The molecule has 0 aliphatic rings. The number of anilines is 1. The van der Waals surface area contributed by atoms with Gasteiger partial charge in [-0.15, -0.1) is 0 Å². The van der Waals surface area contributed by atoms with E-state index in [1.54, 1.807) is 31.5 Å². The number of carbonyl (C=O) groups excluding carboxylic acids is 1. The normalized spacial score (nSPS) is 10.8. The second-order valence-corrected chi connectivity index (χ2v) is 6.47. The fourth-order valence-electron chi connectivity index (χ4n) is 3.01. The predicted octanol–water partition coefficient (Wildman–Crippen LogP) is 4.31. The van der Waals surface area contributed by atoms with Crippen LogP contribution in [0.3, 0.4) is 0 Å². The molecule has 0 spiro atoms. The molecule has 4 rings (SSSR count). The fourth-order valence-corrected chi connectivity index (χ4v) is 3.17. The van der Waals surface area contributed by atoms with Crippen LogP contribution in [0.25, 0.3) is 33.5 Å². The number of hydrogen-bond acceptors (Lipinski definition) is 5. The van der Waals surface area contributed by atoms with Gasteiger partial charge in [-0.25, -0.2) is 15.0 Å². The van der Waals surface area contributed by atoms with E-state index in [4.69, 9.17) is 16.3 Å². The van der Waals surface area contributed by atoms with Gasteiger partial charge in [0.15, 0.2) is 0 Å². The van der Waals surface area contributed by atoms with Crippen LogP contribution >= 0.6 is 11.6 Å². The lowest BCUT2D eigenvalue weighted by Crippen LogP contribution is -2.07. The second-order valence-electron chi connectivity index (χ2n) is 6.08. The Kier molecular flexibility index (Phi) is 4.67. The summed E-state index contributed by atoms with van der Waals surface area (Å²) in [5.74, 6) is 0.763. The number of amides is 1. The van der Waals surface area contributed by atoms with Crippen molar-refractivity contribution < 1.29 is 9.53 Å². The molecule has 2 N–H and O–H groups in total. The maximum absolute atomic E-state index is 11.4. The number of methoxy groups -OCH3 is 1. The van der Waals surface area contributed by atoms with E-state index in [2.05, 4.69) is 25.3 Å². The summed E-state index contributed by atoms with van der Waals surface area (Å²) in [7, 11) is 1.57. The lowest BCUT2D eigenvalue weighted by molar-refractivity contribution is -0.114. The molecular weight excluding hydrogens is 378 g/mol. The molecule has 140 valence electrons. The standard InChI is InChI=1S/C20H16ClN5O2/c1-11(27)23-16-10-12(8-9-22-16)19-18(13-4-3-5-15(21)24-13)20-14(25-19)6-7-17(26-20)28-2/h3-10,25H,1-2H3,(H,22,23,27). The van der Waals surface area contributed by atoms with Crippen LogP contribution in [-0.4, -0.2) is 33.0 Å². The minimum absolute atomic E-state index is 0.190. The molecular formula is C20H16ClN5O2. The van der Waals surface area contributed by atoms with E-state index in [0.717, 1.165) is 22.3 Å². The van der Waals surface area contributed by atoms with Crippen molar-refractivity contribution in [2.75, 3.05) is 12.4 Å². The molecule has 0 aliphatic carbocycles. The molecule has 0 aromatic carbocycles. The van der Waals surface area contributed by atoms with Gasteiger partial charge < -0.3 is 15.0 Å². The summed E-state index contributed by atoms with van der Waals surface area (Å²) in [6.07, 6.45) is 1.63. The molecule has 4 aromatic heterocycles. The third-order valence-electron chi connectivity index (χ3n) is 4.15. The Morgan fingerprint density at radius 1 is 1.18 bits per heavy atom. The average molecular weight is 394 g/mol. The minimum Gasteiger partial charge on any atom is -0.481 e. The van der Waals surface area contributed by atoms with E-state index in [0.29, 0.717) is 28.1 Å². The van der Waals surface area contributed by atoms with Crippen molar-refractivity contribution in [1.82, 2.24) is 19.9 Å². The molecule has 4 aromatic rings. The minimum atomic E-state index is -0.190. The Balaban J connectivity index is 1.98. The van der Waals surface area contributed by atoms with Gasteiger partial charge in [0, 0.05) is 24.8 Å². The molecule has 0 bridgehead atoms. The van der Waals surface area contributed by atoms with Gasteiger partial charge in [-0.05, 0) is 30.3 Å². The van der Waals surface area contributed by atoms with Gasteiger partial charge in [0.25, 0.3) is 0 Å². The number of halogens is 1. The molecule has 0 saturated carbocycles. The number of H-pyrrole nitrogens is 1. The number of pyridine rings is 3. The Labute approximate surface area is 165 Å². The van der Waals surface area contributed by atoms with Crippen LogP contribution in [0.5, 0.6) is 5.88 Å². The van der Waals surface area contributed by atoms with Crippen molar-refractivity contribution in [3.63, 3.8) is 0 Å². The van der Waals surface area contributed by atoms with E-state index in [9.17, 15) is 4.79 Å². The Morgan fingerprint density at radius 3 is 2.79 bits per heavy atom. The van der Waals surface area contributed by atoms with Crippen molar-refractivity contribution in [3.8, 4) is 28.4 Å². The molecule has 0 fully saturated rings. The Morgan fingerprint density at radius 2 is 2.04 bits per heavy atom. The zero-order chi connectivity index (χ0) is 19.7. The largest absolute Gasteiger partial charge is 0.481 e. The highest BCUT2D eigenvalue weighted by Gasteiger charge is 2.19. The van der Waals surface area contributed by atoms with E-state index in [1.807, 2.05) is 24.3 Å². The Hall–Kier alpha value is -3.45. The zero-order valence-corrected chi connectivity index (χ0v) is 15.9. The summed E-state index contributed by atoms with van der Waals surface area (Å²) in [5.41, 5.74) is 4.61. The summed E-state index contributed by atoms with van der Waals surface area (Å²) >= 11 is 6.13. The highest BCUT2D eigenvalue weighted by Crippen LogP contribution is 2.38. The Bertz CT molecular complexity index is 1190. The number of ether oxygens (including phenoxy) is 1. The average Bonchev–Trinajstić information content (AvgIpc) is 3.06. The van der Waals surface area contributed by atoms with Crippen molar-refractivity contribution >= 4 is 34.4 Å². The fraction of sp³-hybridized carbons (Fsp3) is 0.100. The van der Waals surface area contributed by atoms with Gasteiger partial charge in [0.1, 0.15) is 16.5 Å². The lowest BCUT2D eigenvalue weighted by atomic mass is 10.0. The number of fused-ring (bicyclic) bond motifs is 1. The monoisotopic (exact) mass is 393 g/mol. The van der Waals surface area contributed by atoms with Crippen molar-refractivity contribution in [2.45, 2.75) is 6.92 Å². The first kappa shape index (κ1) is 17.9. The van der Waals surface area contributed by atoms with Crippen LogP contribution in [0, 0.1) is 0 Å². The summed E-state index contributed by atoms with van der Waals surface area (Å²) < 4.78 is 5.29. The van der Waals surface area contributed by atoms with Gasteiger partial charge in [-0.3, -0.25) is 4.79 Å². The molecule has 0 radical (unpaired) electrons. The van der Waals surface area contributed by atoms with Gasteiger partial charge in [0.2, 0.25) is 11.8 Å². The summed E-state index contributed by atoms with van der Waals surface area (Å²) in [6.45, 7) is 1.44. The van der Waals surface area contributed by atoms with E-state index in [-0.39, 0.29) is 5.91 Å². The third kappa shape index (κ3) is 3.39. The van der Waals surface area contributed by atoms with Crippen molar-refractivity contribution in [2.24, 2.45) is 0 Å². The number of rotatable bonds is 4. The second kappa shape index (κ2) is 7.28. The van der Waals surface area contributed by atoms with E-state index < -0.39 is 0 Å². The zero-order valence-electron chi connectivity index (χ0n) is 15.2. The molecule has 4 heterocycles. The number of nitrogens with zero attached hydrogens (tertiary/aromatic N) is 3. The first-order chi connectivity index (χ1) is 13.5. The van der Waals surface area contributed by atoms with Crippen LogP contribution < -0.4 is 10.1 Å². The number of carbonyl (C=O) groups is 1. The SMILES string of the molecule is COc1ccc2[nH]c(-c3ccnc(NC(C)=O)c3)c(-c3cccc(Cl)n3)c2n1. The van der Waals surface area contributed by atoms with Crippen LogP contribution in [0.4, 0.5) is 5.82 Å².